The number of aromatic nitrogens is 2. The van der Waals surface area contributed by atoms with Gasteiger partial charge in [-0.25, -0.2) is 13.8 Å². The molecule has 2 aromatic rings. The number of esters is 1. The molecule has 1 aliphatic rings. The van der Waals surface area contributed by atoms with E-state index in [0.29, 0.717) is 0 Å². The zero-order valence-corrected chi connectivity index (χ0v) is 21.7. The number of benzene rings is 1. The Morgan fingerprint density at radius 1 is 1.30 bits per heavy atom. The number of hydrogen-bond donors (Lipinski definition) is 3. The van der Waals surface area contributed by atoms with E-state index in [4.69, 9.17) is 18.5 Å². The number of ether oxygens (including phenoxy) is 2. The van der Waals surface area contributed by atoms with Crippen LogP contribution in [0, 0.1) is 0 Å². The van der Waals surface area contributed by atoms with Crippen LogP contribution in [0.25, 0.3) is 0 Å². The lowest BCUT2D eigenvalue weighted by Crippen LogP contribution is -2.44. The number of halogens is 1. The summed E-state index contributed by atoms with van der Waals surface area (Å²) >= 11 is 0. The van der Waals surface area contributed by atoms with Crippen LogP contribution in [-0.2, 0) is 23.4 Å². The van der Waals surface area contributed by atoms with E-state index in [1.807, 2.05) is 4.98 Å². The summed E-state index contributed by atoms with van der Waals surface area (Å²) in [5, 5.41) is 13.2. The third-order valence-electron chi connectivity index (χ3n) is 5.56. The molecule has 37 heavy (non-hydrogen) atoms. The highest BCUT2D eigenvalue weighted by atomic mass is 31.2. The second kappa shape index (κ2) is 11.7. The van der Waals surface area contributed by atoms with E-state index < -0.39 is 67.8 Å². The molecule has 1 fully saturated rings. The van der Waals surface area contributed by atoms with Gasteiger partial charge in [0.05, 0.1) is 12.7 Å². The van der Waals surface area contributed by atoms with Crippen molar-refractivity contribution in [2.75, 3.05) is 6.61 Å². The summed E-state index contributed by atoms with van der Waals surface area (Å²) in [6.07, 6.45) is -4.02. The van der Waals surface area contributed by atoms with Gasteiger partial charge in [-0.3, -0.25) is 23.7 Å². The summed E-state index contributed by atoms with van der Waals surface area (Å²) in [5.74, 6) is -0.518. The highest BCUT2D eigenvalue weighted by Gasteiger charge is 2.56. The quantitative estimate of drug-likeness (QED) is 0.283. The van der Waals surface area contributed by atoms with Gasteiger partial charge in [-0.1, -0.05) is 25.1 Å². The first-order chi connectivity index (χ1) is 17.4. The van der Waals surface area contributed by atoms with Gasteiger partial charge in [-0.05, 0) is 39.3 Å². The van der Waals surface area contributed by atoms with Crippen molar-refractivity contribution < 1.29 is 37.4 Å². The fraction of sp³-hybridized carbons (Fsp3) is 0.522. The first-order valence-corrected chi connectivity index (χ1v) is 13.2. The molecule has 0 bridgehead atoms. The highest BCUT2D eigenvalue weighted by molar-refractivity contribution is 7.52. The minimum absolute atomic E-state index is 0.159. The number of carbonyl (C=O) groups excluding carboxylic acids is 1. The van der Waals surface area contributed by atoms with Gasteiger partial charge in [0.1, 0.15) is 24.0 Å². The highest BCUT2D eigenvalue weighted by Crippen LogP contribution is 2.47. The minimum Gasteiger partial charge on any atom is -0.462 e. The van der Waals surface area contributed by atoms with Gasteiger partial charge >= 0.3 is 19.4 Å². The number of nitrogens with zero attached hydrogens (tertiary/aromatic N) is 1. The number of alkyl halides is 1. The van der Waals surface area contributed by atoms with E-state index in [-0.39, 0.29) is 12.2 Å². The van der Waals surface area contributed by atoms with E-state index in [0.717, 1.165) is 23.8 Å². The first-order valence-electron chi connectivity index (χ1n) is 11.7. The van der Waals surface area contributed by atoms with Crippen LogP contribution in [0.1, 0.15) is 40.3 Å². The lowest BCUT2D eigenvalue weighted by molar-refractivity contribution is -0.149. The van der Waals surface area contributed by atoms with Crippen molar-refractivity contribution in [3.8, 4) is 5.75 Å². The predicted molar refractivity (Wildman–Crippen MR) is 130 cm³/mol. The number of aromatic amines is 1. The van der Waals surface area contributed by atoms with Crippen molar-refractivity contribution in [2.24, 2.45) is 0 Å². The largest absolute Gasteiger partial charge is 0.462 e. The molecule has 0 amide bonds. The molecule has 3 rings (SSSR count). The Labute approximate surface area is 212 Å². The average molecular weight is 543 g/mol. The van der Waals surface area contributed by atoms with Crippen LogP contribution in [0.3, 0.4) is 0 Å². The fourth-order valence-electron chi connectivity index (χ4n) is 3.66. The molecule has 1 aromatic heterocycles. The van der Waals surface area contributed by atoms with Crippen LogP contribution >= 0.6 is 7.75 Å². The van der Waals surface area contributed by atoms with Gasteiger partial charge in [0, 0.05) is 12.3 Å². The van der Waals surface area contributed by atoms with E-state index in [9.17, 15) is 24.1 Å². The van der Waals surface area contributed by atoms with Gasteiger partial charge in [0.25, 0.3) is 5.56 Å². The van der Waals surface area contributed by atoms with Crippen LogP contribution in [0.2, 0.25) is 0 Å². The number of hydrogen-bond acceptors (Lipinski definition) is 9. The Hall–Kier alpha value is -2.83. The van der Waals surface area contributed by atoms with Crippen molar-refractivity contribution in [3.05, 3.63) is 63.4 Å². The molecule has 204 valence electrons. The van der Waals surface area contributed by atoms with E-state index >= 15 is 4.39 Å². The molecule has 3 N–H and O–H groups in total. The number of nitrogens with one attached hydrogen (secondary N) is 2. The van der Waals surface area contributed by atoms with Gasteiger partial charge in [0.15, 0.2) is 11.9 Å². The summed E-state index contributed by atoms with van der Waals surface area (Å²) < 4.78 is 51.9. The van der Waals surface area contributed by atoms with Crippen molar-refractivity contribution in [2.45, 2.75) is 70.4 Å². The zero-order valence-electron chi connectivity index (χ0n) is 20.8. The molecule has 0 spiro atoms. The average Bonchev–Trinajstić information content (AvgIpc) is 3.05. The zero-order chi connectivity index (χ0) is 27.4. The van der Waals surface area contributed by atoms with E-state index in [1.165, 1.54) is 12.1 Å². The molecule has 1 aromatic carbocycles. The minimum atomic E-state index is -4.32. The summed E-state index contributed by atoms with van der Waals surface area (Å²) in [4.78, 5) is 38.0. The van der Waals surface area contributed by atoms with Crippen molar-refractivity contribution >= 4 is 13.7 Å². The molecule has 0 radical (unpaired) electrons. The predicted octanol–water partition coefficient (Wildman–Crippen LogP) is 2.05. The van der Waals surface area contributed by atoms with Crippen LogP contribution in [0.15, 0.2) is 52.2 Å². The Kier molecular flexibility index (Phi) is 9.09. The summed E-state index contributed by atoms with van der Waals surface area (Å²) in [5.41, 5.74) is -4.11. The number of H-pyrrole nitrogens is 1. The molecular formula is C23H31FN3O9P. The molecule has 14 heteroatoms. The maximum absolute atomic E-state index is 15.5. The van der Waals surface area contributed by atoms with Crippen LogP contribution in [0.5, 0.6) is 5.75 Å². The summed E-state index contributed by atoms with van der Waals surface area (Å²) in [7, 11) is -4.32. The molecule has 1 saturated heterocycles. The summed E-state index contributed by atoms with van der Waals surface area (Å²) in [6, 6.07) is 7.95. The standard InChI is InChI=1S/C23H31FN3O9P/c1-5-16(20(30)34-14(2)3)26-37(32,36-15-9-7-6-8-10-15)33-13-17-19(29)23(4,24)21(35-17)27-12-11-18(28)25-22(27)31/h6-12,14,16-17,19,21,29H,5,13H2,1-4H3,(H,26,32)(H,25,28,31)/t16-,17+,19+,21+,23?,37?/m0/s1. The van der Waals surface area contributed by atoms with Gasteiger partial charge in [-0.15, -0.1) is 0 Å². The van der Waals surface area contributed by atoms with Gasteiger partial charge in [-0.2, -0.15) is 5.09 Å². The molecule has 6 atom stereocenters. The van der Waals surface area contributed by atoms with E-state index in [2.05, 4.69) is 5.09 Å². The van der Waals surface area contributed by atoms with Crippen LogP contribution in [-0.4, -0.2) is 57.3 Å². The molecule has 12 nitrogen and oxygen atoms in total. The molecule has 0 saturated carbocycles. The Morgan fingerprint density at radius 2 is 1.97 bits per heavy atom. The number of aliphatic hydroxyl groups excluding tert-OH is 1. The number of rotatable bonds is 11. The maximum atomic E-state index is 15.5. The lowest BCUT2D eigenvalue weighted by atomic mass is 9.98. The molecule has 2 unspecified atom stereocenters. The fourth-order valence-corrected chi connectivity index (χ4v) is 5.25. The van der Waals surface area contributed by atoms with Crippen molar-refractivity contribution in [3.63, 3.8) is 0 Å². The normalized spacial score (nSPS) is 26.0. The van der Waals surface area contributed by atoms with Crippen LogP contribution in [0.4, 0.5) is 4.39 Å². The second-order valence-corrected chi connectivity index (χ2v) is 10.6. The lowest BCUT2D eigenvalue weighted by Gasteiger charge is -2.26. The number of para-hydroxylation sites is 1. The third-order valence-corrected chi connectivity index (χ3v) is 7.13. The maximum Gasteiger partial charge on any atom is 0.459 e. The van der Waals surface area contributed by atoms with Gasteiger partial charge < -0.3 is 19.1 Å². The Balaban J connectivity index is 1.82. The molecule has 1 aliphatic heterocycles. The monoisotopic (exact) mass is 543 g/mol. The van der Waals surface area contributed by atoms with Crippen molar-refractivity contribution in [1.82, 2.24) is 14.6 Å². The Bertz CT molecular complexity index is 1230. The number of aliphatic hydroxyl groups is 1. The summed E-state index contributed by atoms with van der Waals surface area (Å²) in [6.45, 7) is 5.38. The third kappa shape index (κ3) is 6.93. The van der Waals surface area contributed by atoms with E-state index in [1.54, 1.807) is 39.0 Å². The Morgan fingerprint density at radius 3 is 2.57 bits per heavy atom. The van der Waals surface area contributed by atoms with Crippen molar-refractivity contribution in [1.29, 1.82) is 0 Å². The molecular weight excluding hydrogens is 512 g/mol. The molecule has 2 heterocycles. The first kappa shape index (κ1) is 28.7. The van der Waals surface area contributed by atoms with Gasteiger partial charge in [0.2, 0.25) is 0 Å². The molecule has 0 aliphatic carbocycles. The second-order valence-electron chi connectivity index (χ2n) is 8.91. The topological polar surface area (TPSA) is 158 Å². The SMILES string of the molecule is CC[C@H](NP(=O)(OC[C@H]1O[C@@H](n2ccc(=O)[nH]c2=O)C(C)(F)[C@@H]1O)Oc1ccccc1)C(=O)OC(C)C. The number of carbonyl (C=O) groups is 1. The smallest absolute Gasteiger partial charge is 0.459 e. The van der Waals surface area contributed by atoms with Crippen LogP contribution < -0.4 is 20.9 Å².